The van der Waals surface area contributed by atoms with Crippen LogP contribution in [0.4, 0.5) is 4.39 Å². The van der Waals surface area contributed by atoms with E-state index < -0.39 is 14.4 Å². The molecule has 0 fully saturated rings. The Morgan fingerprint density at radius 2 is 1.95 bits per heavy atom. The zero-order chi connectivity index (χ0) is 14.9. The fourth-order valence-corrected chi connectivity index (χ4v) is 2.68. The van der Waals surface area contributed by atoms with Crippen LogP contribution in [0.2, 0.25) is 0 Å². The summed E-state index contributed by atoms with van der Waals surface area (Å²) in [6.45, 7) is 1.56. The molecule has 6 nitrogen and oxygen atoms in total. The van der Waals surface area contributed by atoms with Crippen molar-refractivity contribution in [2.24, 2.45) is 0 Å². The fourth-order valence-electron chi connectivity index (χ4n) is 1.57. The Balaban J connectivity index is 2.60. The van der Waals surface area contributed by atoms with E-state index in [2.05, 4.69) is 25.9 Å². The van der Waals surface area contributed by atoms with Crippen molar-refractivity contribution in [2.45, 2.75) is 6.92 Å². The average Bonchev–Trinajstić information content (AvgIpc) is 2.42. The molecule has 0 unspecified atom stereocenters. The van der Waals surface area contributed by atoms with Crippen molar-refractivity contribution in [2.75, 3.05) is 14.2 Å². The van der Waals surface area contributed by atoms with Crippen molar-refractivity contribution in [1.82, 2.24) is 9.97 Å². The highest BCUT2D eigenvalue weighted by Crippen LogP contribution is 2.44. The Hall–Kier alpha value is -1.08. The minimum absolute atomic E-state index is 0.00777. The van der Waals surface area contributed by atoms with Crippen molar-refractivity contribution in [1.29, 1.82) is 0 Å². The molecule has 0 aliphatic heterocycles. The van der Waals surface area contributed by atoms with Gasteiger partial charge in [0.25, 0.3) is 0 Å². The molecule has 0 spiro atoms. The van der Waals surface area contributed by atoms with Crippen LogP contribution in [0.15, 0.2) is 10.5 Å². The zero-order valence-corrected chi connectivity index (χ0v) is 13.3. The lowest BCUT2D eigenvalue weighted by Crippen LogP contribution is -1.97. The van der Waals surface area contributed by atoms with Crippen molar-refractivity contribution in [3.8, 4) is 11.6 Å². The summed E-state index contributed by atoms with van der Waals surface area (Å²) < 4.78 is 29.6. The van der Waals surface area contributed by atoms with Crippen molar-refractivity contribution >= 4 is 35.4 Å². The number of rotatable bonds is 4. The molecule has 1 heterocycles. The molecule has 1 N–H and O–H groups in total. The first-order valence-corrected chi connectivity index (χ1v) is 7.28. The summed E-state index contributed by atoms with van der Waals surface area (Å²) in [5.74, 6) is -0.568. The highest BCUT2D eigenvalue weighted by atomic mass is 79.9. The Morgan fingerprint density at radius 3 is 2.55 bits per heavy atom. The number of fused-ring (bicyclic) bond motifs is 1. The van der Waals surface area contributed by atoms with Gasteiger partial charge in [-0.15, -0.1) is 0 Å². The summed E-state index contributed by atoms with van der Waals surface area (Å²) in [6, 6.07) is 1.42. The number of nitrogens with zero attached hydrogens (tertiary/aromatic N) is 2. The van der Waals surface area contributed by atoms with Gasteiger partial charge in [0.05, 0.1) is 9.86 Å². The molecule has 1 aromatic heterocycles. The molecule has 2 aromatic rings. The molecule has 0 aliphatic carbocycles. The third-order valence-electron chi connectivity index (χ3n) is 2.40. The van der Waals surface area contributed by atoms with Gasteiger partial charge in [0.2, 0.25) is 5.88 Å². The summed E-state index contributed by atoms with van der Waals surface area (Å²) in [5, 5.41) is 9.94. The van der Waals surface area contributed by atoms with Crippen LogP contribution in [0.25, 0.3) is 10.9 Å². The zero-order valence-electron chi connectivity index (χ0n) is 10.8. The molecule has 20 heavy (non-hydrogen) atoms. The molecular weight excluding hydrogens is 354 g/mol. The van der Waals surface area contributed by atoms with Crippen molar-refractivity contribution in [3.63, 3.8) is 0 Å². The van der Waals surface area contributed by atoms with Gasteiger partial charge in [0.1, 0.15) is 17.1 Å². The van der Waals surface area contributed by atoms with E-state index in [9.17, 15) is 9.50 Å². The van der Waals surface area contributed by atoms with E-state index in [1.54, 1.807) is 6.92 Å². The third-order valence-corrected chi connectivity index (χ3v) is 4.08. The van der Waals surface area contributed by atoms with Gasteiger partial charge in [-0.25, -0.2) is 9.37 Å². The Labute approximate surface area is 124 Å². The Morgan fingerprint density at radius 1 is 1.30 bits per heavy atom. The normalized spacial score (nSPS) is 11.3. The average molecular weight is 365 g/mol. The number of aromatic hydroxyl groups is 1. The lowest BCUT2D eigenvalue weighted by molar-refractivity contribution is 0.276. The van der Waals surface area contributed by atoms with E-state index in [4.69, 9.17) is 13.6 Å². The molecule has 108 valence electrons. The predicted molar refractivity (Wildman–Crippen MR) is 75.2 cm³/mol. The van der Waals surface area contributed by atoms with Crippen molar-refractivity contribution < 1.29 is 23.1 Å². The van der Waals surface area contributed by atoms with E-state index in [-0.39, 0.29) is 32.8 Å². The first kappa shape index (κ1) is 15.3. The predicted octanol–water partition coefficient (Wildman–Crippen LogP) is 3.44. The van der Waals surface area contributed by atoms with Crippen molar-refractivity contribution in [3.05, 3.63) is 22.2 Å². The summed E-state index contributed by atoms with van der Waals surface area (Å²) in [5.41, 5.74) is 0.00777. The van der Waals surface area contributed by atoms with Gasteiger partial charge in [0, 0.05) is 14.2 Å². The first-order chi connectivity index (χ1) is 9.47. The number of aryl methyl sites for hydroxylation is 1. The van der Waals surface area contributed by atoms with E-state index in [0.29, 0.717) is 0 Å². The summed E-state index contributed by atoms with van der Waals surface area (Å²) in [6.07, 6.45) is 0. The number of aromatic nitrogens is 2. The van der Waals surface area contributed by atoms with E-state index in [1.165, 1.54) is 20.3 Å². The van der Waals surface area contributed by atoms with Crippen LogP contribution >= 0.6 is 24.5 Å². The lowest BCUT2D eigenvalue weighted by atomic mass is 10.2. The van der Waals surface area contributed by atoms with Gasteiger partial charge >= 0.3 is 8.60 Å². The van der Waals surface area contributed by atoms with Crippen LogP contribution in [-0.2, 0) is 9.05 Å². The SMILES string of the molecule is COP(OC)Oc1cc2c(O)nc(C)nc2c(F)c1Br. The molecule has 0 saturated heterocycles. The van der Waals surface area contributed by atoms with Gasteiger partial charge in [0.15, 0.2) is 5.82 Å². The van der Waals surface area contributed by atoms with Gasteiger partial charge < -0.3 is 18.7 Å². The fraction of sp³-hybridized carbons (Fsp3) is 0.273. The van der Waals surface area contributed by atoms with Crippen LogP contribution < -0.4 is 4.52 Å². The quantitative estimate of drug-likeness (QED) is 0.837. The minimum atomic E-state index is -1.65. The monoisotopic (exact) mass is 364 g/mol. The largest absolute Gasteiger partial charge is 0.493 e. The topological polar surface area (TPSA) is 73.7 Å². The van der Waals surface area contributed by atoms with Gasteiger partial charge in [-0.3, -0.25) is 0 Å². The molecule has 0 atom stereocenters. The van der Waals surface area contributed by atoms with Gasteiger partial charge in [-0.1, -0.05) is 0 Å². The molecular formula is C11H11BrFN2O4P. The van der Waals surface area contributed by atoms with Crippen LogP contribution in [0.1, 0.15) is 5.82 Å². The van der Waals surface area contributed by atoms with Crippen LogP contribution in [0, 0.1) is 12.7 Å². The smallest absolute Gasteiger partial charge is 0.396 e. The lowest BCUT2D eigenvalue weighted by Gasteiger charge is -2.15. The van der Waals surface area contributed by atoms with E-state index in [1.807, 2.05) is 0 Å². The molecule has 0 saturated carbocycles. The minimum Gasteiger partial charge on any atom is -0.493 e. The maximum atomic E-state index is 14.3. The summed E-state index contributed by atoms with van der Waals surface area (Å²) in [7, 11) is 1.16. The summed E-state index contributed by atoms with van der Waals surface area (Å²) >= 11 is 3.09. The second-order valence-electron chi connectivity index (χ2n) is 3.67. The molecule has 0 aliphatic rings. The van der Waals surface area contributed by atoms with Crippen LogP contribution in [0.5, 0.6) is 11.6 Å². The van der Waals surface area contributed by atoms with Crippen LogP contribution in [0.3, 0.4) is 0 Å². The molecule has 1 aromatic carbocycles. The van der Waals surface area contributed by atoms with E-state index in [0.717, 1.165) is 0 Å². The Bertz CT molecular complexity index is 654. The molecule has 9 heteroatoms. The highest BCUT2D eigenvalue weighted by molar-refractivity contribution is 9.10. The maximum Gasteiger partial charge on any atom is 0.396 e. The standard InChI is InChI=1S/C11H11BrFN2O4P/c1-5-14-10-6(11(16)15-5)4-7(8(12)9(10)13)19-20(17-2)18-3/h4H,1-3H3,(H,14,15,16). The number of hydrogen-bond donors (Lipinski definition) is 1. The highest BCUT2D eigenvalue weighted by Gasteiger charge is 2.20. The van der Waals surface area contributed by atoms with Gasteiger partial charge in [-0.05, 0) is 28.9 Å². The first-order valence-electron chi connectivity index (χ1n) is 5.39. The number of benzene rings is 1. The number of halogens is 2. The maximum absolute atomic E-state index is 14.3. The van der Waals surface area contributed by atoms with Gasteiger partial charge in [-0.2, -0.15) is 4.98 Å². The molecule has 0 bridgehead atoms. The molecule has 0 radical (unpaired) electrons. The second kappa shape index (κ2) is 6.13. The summed E-state index contributed by atoms with van der Waals surface area (Å²) in [4.78, 5) is 7.75. The molecule has 0 amide bonds. The Kier molecular flexibility index (Phi) is 4.70. The molecule has 2 rings (SSSR count). The van der Waals surface area contributed by atoms with E-state index >= 15 is 0 Å². The number of hydrogen-bond acceptors (Lipinski definition) is 6. The third kappa shape index (κ3) is 2.83. The van der Waals surface area contributed by atoms with Crippen LogP contribution in [-0.4, -0.2) is 29.3 Å². The second-order valence-corrected chi connectivity index (χ2v) is 5.83.